The van der Waals surface area contributed by atoms with E-state index in [2.05, 4.69) is 10.3 Å². The highest BCUT2D eigenvalue weighted by atomic mass is 32.1. The number of nitrogens with one attached hydrogen (secondary N) is 1. The predicted octanol–water partition coefficient (Wildman–Crippen LogP) is 2.83. The number of anilines is 2. The fraction of sp³-hybridized carbons (Fsp3) is 0.250. The van der Waals surface area contributed by atoms with E-state index in [4.69, 9.17) is 5.73 Å². The van der Waals surface area contributed by atoms with Gasteiger partial charge in [0.25, 0.3) is 0 Å². The van der Waals surface area contributed by atoms with Crippen molar-refractivity contribution in [2.45, 2.75) is 13.3 Å². The first-order chi connectivity index (χ1) is 8.15. The van der Waals surface area contributed by atoms with Crippen LogP contribution in [0.1, 0.15) is 11.1 Å². The van der Waals surface area contributed by atoms with Crippen molar-refractivity contribution in [1.29, 1.82) is 0 Å². The molecule has 5 heteroatoms. The minimum atomic E-state index is -0.188. The van der Waals surface area contributed by atoms with Crippen LogP contribution in [0.5, 0.6) is 0 Å². The summed E-state index contributed by atoms with van der Waals surface area (Å²) in [7, 11) is 0. The largest absolute Gasteiger partial charge is 0.389 e. The van der Waals surface area contributed by atoms with E-state index in [-0.39, 0.29) is 5.82 Å². The molecule has 0 atom stereocenters. The monoisotopic (exact) mass is 251 g/mol. The molecule has 90 valence electrons. The Hall–Kier alpha value is -1.62. The Bertz CT molecular complexity index is 510. The van der Waals surface area contributed by atoms with Crippen LogP contribution in [0.2, 0.25) is 0 Å². The fourth-order valence-electron chi connectivity index (χ4n) is 1.61. The molecule has 0 bridgehead atoms. The first-order valence-electron chi connectivity index (χ1n) is 5.35. The second-order valence-electron chi connectivity index (χ2n) is 3.82. The quantitative estimate of drug-likeness (QED) is 0.878. The van der Waals surface area contributed by atoms with E-state index in [0.29, 0.717) is 5.00 Å². The molecule has 0 aliphatic carbocycles. The molecule has 3 N–H and O–H groups in total. The van der Waals surface area contributed by atoms with E-state index in [0.717, 1.165) is 29.2 Å². The second kappa shape index (κ2) is 5.14. The van der Waals surface area contributed by atoms with Crippen LogP contribution in [0.25, 0.3) is 0 Å². The van der Waals surface area contributed by atoms with Gasteiger partial charge in [-0.25, -0.2) is 9.37 Å². The number of benzene rings is 1. The molecule has 0 amide bonds. The number of rotatable bonds is 4. The maximum Gasteiger partial charge on any atom is 0.184 e. The standard InChI is InChI=1S/C12H14FN3S/c1-8-6-10(13)3-2-9(8)4-5-15-12-16-7-11(14)17-12/h2-3,6-7H,4-5,14H2,1H3,(H,15,16). The summed E-state index contributed by atoms with van der Waals surface area (Å²) in [5.41, 5.74) is 7.70. The zero-order chi connectivity index (χ0) is 12.3. The van der Waals surface area contributed by atoms with Gasteiger partial charge in [-0.2, -0.15) is 0 Å². The SMILES string of the molecule is Cc1cc(F)ccc1CCNc1ncc(N)s1. The number of thiazole rings is 1. The van der Waals surface area contributed by atoms with Gasteiger partial charge in [-0.3, -0.25) is 0 Å². The highest BCUT2D eigenvalue weighted by molar-refractivity contribution is 7.19. The van der Waals surface area contributed by atoms with E-state index in [1.807, 2.05) is 13.0 Å². The van der Waals surface area contributed by atoms with Gasteiger partial charge in [-0.15, -0.1) is 0 Å². The number of aryl methyl sites for hydroxylation is 1. The Morgan fingerprint density at radius 1 is 1.47 bits per heavy atom. The summed E-state index contributed by atoms with van der Waals surface area (Å²) >= 11 is 1.43. The molecular formula is C12H14FN3S. The molecule has 2 rings (SSSR count). The number of halogens is 1. The van der Waals surface area contributed by atoms with E-state index in [9.17, 15) is 4.39 Å². The van der Waals surface area contributed by atoms with Crippen LogP contribution < -0.4 is 11.1 Å². The third-order valence-electron chi connectivity index (χ3n) is 2.50. The average Bonchev–Trinajstić information content (AvgIpc) is 2.68. The van der Waals surface area contributed by atoms with Crippen LogP contribution in [0.4, 0.5) is 14.5 Å². The number of nitrogens with zero attached hydrogens (tertiary/aromatic N) is 1. The highest BCUT2D eigenvalue weighted by Gasteiger charge is 2.01. The Morgan fingerprint density at radius 3 is 2.94 bits per heavy atom. The minimum Gasteiger partial charge on any atom is -0.389 e. The summed E-state index contributed by atoms with van der Waals surface area (Å²) in [6, 6.07) is 4.86. The molecule has 0 fully saturated rings. The number of nitrogen functional groups attached to an aromatic ring is 1. The van der Waals surface area contributed by atoms with Gasteiger partial charge in [0, 0.05) is 6.54 Å². The van der Waals surface area contributed by atoms with Gasteiger partial charge in [0.05, 0.1) is 6.20 Å². The van der Waals surface area contributed by atoms with Crippen molar-refractivity contribution in [2.75, 3.05) is 17.6 Å². The molecule has 3 nitrogen and oxygen atoms in total. The van der Waals surface area contributed by atoms with Crippen molar-refractivity contribution < 1.29 is 4.39 Å². The van der Waals surface area contributed by atoms with Gasteiger partial charge in [0.1, 0.15) is 10.8 Å². The summed E-state index contributed by atoms with van der Waals surface area (Å²) < 4.78 is 12.9. The van der Waals surface area contributed by atoms with Crippen molar-refractivity contribution >= 4 is 21.5 Å². The van der Waals surface area contributed by atoms with Crippen molar-refractivity contribution in [3.63, 3.8) is 0 Å². The summed E-state index contributed by atoms with van der Waals surface area (Å²) in [6.45, 7) is 2.68. The van der Waals surface area contributed by atoms with Crippen molar-refractivity contribution in [2.24, 2.45) is 0 Å². The fourth-order valence-corrected chi connectivity index (χ4v) is 2.22. The van der Waals surface area contributed by atoms with Gasteiger partial charge < -0.3 is 11.1 Å². The number of aromatic nitrogens is 1. The Labute approximate surface area is 103 Å². The maximum atomic E-state index is 12.9. The number of hydrogen-bond donors (Lipinski definition) is 2. The molecular weight excluding hydrogens is 237 g/mol. The van der Waals surface area contributed by atoms with Gasteiger partial charge in [0.2, 0.25) is 0 Å². The molecule has 1 aromatic heterocycles. The van der Waals surface area contributed by atoms with Crippen LogP contribution in [0.3, 0.4) is 0 Å². The zero-order valence-corrected chi connectivity index (χ0v) is 10.4. The molecule has 0 saturated heterocycles. The molecule has 0 unspecified atom stereocenters. The molecule has 0 aliphatic heterocycles. The summed E-state index contributed by atoms with van der Waals surface area (Å²) in [4.78, 5) is 4.11. The molecule has 0 spiro atoms. The average molecular weight is 251 g/mol. The third-order valence-corrected chi connectivity index (χ3v) is 3.28. The topological polar surface area (TPSA) is 50.9 Å². The normalized spacial score (nSPS) is 10.5. The van der Waals surface area contributed by atoms with Crippen molar-refractivity contribution in [3.05, 3.63) is 41.3 Å². The number of nitrogens with two attached hydrogens (primary N) is 1. The second-order valence-corrected chi connectivity index (χ2v) is 4.88. The lowest BCUT2D eigenvalue weighted by molar-refractivity contribution is 0.625. The number of hydrogen-bond acceptors (Lipinski definition) is 4. The van der Waals surface area contributed by atoms with Crippen LogP contribution in [0.15, 0.2) is 24.4 Å². The van der Waals surface area contributed by atoms with Gasteiger partial charge in [-0.1, -0.05) is 17.4 Å². The highest BCUT2D eigenvalue weighted by Crippen LogP contribution is 2.19. The summed E-state index contributed by atoms with van der Waals surface area (Å²) in [5, 5.41) is 4.71. The first-order valence-corrected chi connectivity index (χ1v) is 6.17. The third kappa shape index (κ3) is 3.17. The summed E-state index contributed by atoms with van der Waals surface area (Å²) in [6.07, 6.45) is 2.47. The maximum absolute atomic E-state index is 12.9. The molecule has 0 aliphatic rings. The molecule has 2 aromatic rings. The van der Waals surface area contributed by atoms with Crippen LogP contribution in [-0.4, -0.2) is 11.5 Å². The van der Waals surface area contributed by atoms with E-state index >= 15 is 0 Å². The lowest BCUT2D eigenvalue weighted by atomic mass is 10.1. The lowest BCUT2D eigenvalue weighted by Gasteiger charge is -2.06. The molecule has 1 heterocycles. The lowest BCUT2D eigenvalue weighted by Crippen LogP contribution is -2.05. The van der Waals surface area contributed by atoms with E-state index < -0.39 is 0 Å². The molecule has 0 radical (unpaired) electrons. The minimum absolute atomic E-state index is 0.188. The zero-order valence-electron chi connectivity index (χ0n) is 9.53. The van der Waals surface area contributed by atoms with Gasteiger partial charge in [-0.05, 0) is 36.6 Å². The van der Waals surface area contributed by atoms with Gasteiger partial charge in [0.15, 0.2) is 5.13 Å². The predicted molar refractivity (Wildman–Crippen MR) is 69.9 cm³/mol. The Morgan fingerprint density at radius 2 is 2.29 bits per heavy atom. The molecule has 0 saturated carbocycles. The Balaban J connectivity index is 1.90. The van der Waals surface area contributed by atoms with Crippen molar-refractivity contribution in [3.8, 4) is 0 Å². The molecule has 17 heavy (non-hydrogen) atoms. The smallest absolute Gasteiger partial charge is 0.184 e. The van der Waals surface area contributed by atoms with Crippen molar-refractivity contribution in [1.82, 2.24) is 4.98 Å². The Kier molecular flexibility index (Phi) is 3.58. The molecule has 1 aromatic carbocycles. The van der Waals surface area contributed by atoms with Crippen LogP contribution in [-0.2, 0) is 6.42 Å². The van der Waals surface area contributed by atoms with Crippen LogP contribution in [0, 0.1) is 12.7 Å². The van der Waals surface area contributed by atoms with Gasteiger partial charge >= 0.3 is 0 Å². The van der Waals surface area contributed by atoms with Crippen LogP contribution >= 0.6 is 11.3 Å². The van der Waals surface area contributed by atoms with E-state index in [1.54, 1.807) is 12.3 Å². The summed E-state index contributed by atoms with van der Waals surface area (Å²) in [5.74, 6) is -0.188. The first kappa shape index (κ1) is 11.9. The van der Waals surface area contributed by atoms with E-state index in [1.165, 1.54) is 17.4 Å².